The number of nitrogens with zero attached hydrogens (tertiary/aromatic N) is 1. The van der Waals surface area contributed by atoms with Gasteiger partial charge in [0.25, 0.3) is 5.91 Å². The van der Waals surface area contributed by atoms with Crippen LogP contribution in [0.2, 0.25) is 0 Å². The SMILES string of the molecule is COc1ccnc(C(=O)N[C@H]2CCC[C@H](Oc3ccccc3)[C@@H](OCC=CC(F)(F)F)[C@H](C)OC2=O)c1OCOC(C)=O. The lowest BCUT2D eigenvalue weighted by atomic mass is 10.0. The summed E-state index contributed by atoms with van der Waals surface area (Å²) in [4.78, 5) is 41.6. The van der Waals surface area contributed by atoms with Gasteiger partial charge >= 0.3 is 18.1 Å². The number of carbonyl (C=O) groups is 3. The van der Waals surface area contributed by atoms with Gasteiger partial charge in [0.05, 0.1) is 13.7 Å². The third-order valence-corrected chi connectivity index (χ3v) is 6.19. The average molecular weight is 611 g/mol. The number of cyclic esters (lactones) is 1. The Balaban J connectivity index is 1.79. The standard InChI is InChI=1S/C29H33F3N2O9/c1-18-25(39-16-8-14-29(30,31)32)23(43-20-9-5-4-6-10-20)12-7-11-21(28(37)42-18)34-27(36)24-26(41-17-40-19(2)35)22(38-3)13-15-33-24/h4-6,8-10,13-15,18,21,23,25H,7,11-12,16-17H2,1-3H3,(H,34,36)/t18-,21-,23-,25-/m0/s1. The summed E-state index contributed by atoms with van der Waals surface area (Å²) >= 11 is 0. The molecule has 1 aliphatic rings. The molecule has 0 unspecified atom stereocenters. The van der Waals surface area contributed by atoms with Gasteiger partial charge in [-0.05, 0) is 38.3 Å². The van der Waals surface area contributed by atoms with Gasteiger partial charge in [-0.1, -0.05) is 24.3 Å². The number of rotatable bonds is 11. The van der Waals surface area contributed by atoms with Crippen molar-refractivity contribution >= 4 is 17.8 Å². The Kier molecular flexibility index (Phi) is 12.2. The maximum Gasteiger partial charge on any atom is 0.409 e. The summed E-state index contributed by atoms with van der Waals surface area (Å²) in [5.74, 6) is -1.65. The minimum absolute atomic E-state index is 0.0638. The second-order valence-electron chi connectivity index (χ2n) is 9.40. The molecule has 1 aromatic carbocycles. The van der Waals surface area contributed by atoms with Gasteiger partial charge in [-0.15, -0.1) is 0 Å². The number of pyridine rings is 1. The fourth-order valence-electron chi connectivity index (χ4n) is 4.25. The van der Waals surface area contributed by atoms with Gasteiger partial charge < -0.3 is 33.7 Å². The first-order valence-electron chi connectivity index (χ1n) is 13.4. The number of methoxy groups -OCH3 is 1. The van der Waals surface area contributed by atoms with Crippen LogP contribution < -0.4 is 19.5 Å². The maximum absolute atomic E-state index is 13.3. The van der Waals surface area contributed by atoms with E-state index in [1.807, 2.05) is 0 Å². The highest BCUT2D eigenvalue weighted by molar-refractivity contribution is 5.98. The van der Waals surface area contributed by atoms with Gasteiger partial charge in [0.1, 0.15) is 30.1 Å². The molecule has 0 bridgehead atoms. The molecule has 1 fully saturated rings. The monoisotopic (exact) mass is 610 g/mol. The smallest absolute Gasteiger partial charge is 0.409 e. The second kappa shape index (κ2) is 15.8. The number of aromatic nitrogens is 1. The molecule has 0 spiro atoms. The second-order valence-corrected chi connectivity index (χ2v) is 9.40. The number of alkyl halides is 3. The van der Waals surface area contributed by atoms with Crippen molar-refractivity contribution in [3.8, 4) is 17.2 Å². The number of carbonyl (C=O) groups excluding carboxylic acids is 3. The van der Waals surface area contributed by atoms with E-state index in [9.17, 15) is 27.6 Å². The molecular weight excluding hydrogens is 577 g/mol. The molecular formula is C29H33F3N2O9. The molecule has 2 heterocycles. The Morgan fingerprint density at radius 2 is 1.91 bits per heavy atom. The third-order valence-electron chi connectivity index (χ3n) is 6.19. The van der Waals surface area contributed by atoms with Crippen LogP contribution in [0.25, 0.3) is 0 Å². The molecule has 11 nitrogen and oxygen atoms in total. The van der Waals surface area contributed by atoms with Gasteiger partial charge in [-0.25, -0.2) is 9.78 Å². The number of hydrogen-bond acceptors (Lipinski definition) is 10. The van der Waals surface area contributed by atoms with E-state index in [2.05, 4.69) is 10.3 Å². The van der Waals surface area contributed by atoms with Crippen LogP contribution in [0.4, 0.5) is 13.2 Å². The fourth-order valence-corrected chi connectivity index (χ4v) is 4.25. The van der Waals surface area contributed by atoms with E-state index in [0.717, 1.165) is 6.08 Å². The van der Waals surface area contributed by atoms with Gasteiger partial charge in [-0.2, -0.15) is 13.2 Å². The average Bonchev–Trinajstić information content (AvgIpc) is 3.00. The Labute approximate surface area is 246 Å². The first-order chi connectivity index (χ1) is 20.5. The van der Waals surface area contributed by atoms with Gasteiger partial charge in [0, 0.05) is 25.3 Å². The van der Waals surface area contributed by atoms with Crippen LogP contribution in [0.1, 0.15) is 43.6 Å². The maximum atomic E-state index is 13.3. The van der Waals surface area contributed by atoms with Crippen LogP contribution in [0.5, 0.6) is 17.2 Å². The lowest BCUT2D eigenvalue weighted by Gasteiger charge is -2.31. The fraction of sp³-hybridized carbons (Fsp3) is 0.448. The number of benzene rings is 1. The van der Waals surface area contributed by atoms with Gasteiger partial charge in [0.15, 0.2) is 17.2 Å². The topological polar surface area (TPSA) is 132 Å². The van der Waals surface area contributed by atoms with Crippen molar-refractivity contribution < 1.29 is 56.0 Å². The first-order valence-corrected chi connectivity index (χ1v) is 13.4. The van der Waals surface area contributed by atoms with Gasteiger partial charge in [0.2, 0.25) is 6.79 Å². The van der Waals surface area contributed by atoms with E-state index >= 15 is 0 Å². The molecule has 234 valence electrons. The Hall–Kier alpha value is -4.33. The predicted molar refractivity (Wildman–Crippen MR) is 145 cm³/mol. The number of nitrogens with one attached hydrogen (secondary N) is 1. The molecule has 4 atom stereocenters. The quantitative estimate of drug-likeness (QED) is 0.225. The Morgan fingerprint density at radius 3 is 2.58 bits per heavy atom. The summed E-state index contributed by atoms with van der Waals surface area (Å²) < 4.78 is 70.7. The molecule has 3 rings (SSSR count). The van der Waals surface area contributed by atoms with E-state index in [-0.39, 0.29) is 29.7 Å². The number of allylic oxidation sites excluding steroid dienone is 1. The van der Waals surface area contributed by atoms with E-state index in [4.69, 9.17) is 28.4 Å². The van der Waals surface area contributed by atoms with E-state index in [0.29, 0.717) is 18.6 Å². The number of hydrogen-bond donors (Lipinski definition) is 1. The lowest BCUT2D eigenvalue weighted by Crippen LogP contribution is -2.46. The zero-order valence-corrected chi connectivity index (χ0v) is 23.8. The number of halogens is 3. The molecule has 2 aromatic rings. The van der Waals surface area contributed by atoms with Crippen LogP contribution in [-0.4, -0.2) is 73.9 Å². The van der Waals surface area contributed by atoms with Crippen molar-refractivity contribution in [3.63, 3.8) is 0 Å². The van der Waals surface area contributed by atoms with Crippen molar-refractivity contribution in [2.24, 2.45) is 0 Å². The van der Waals surface area contributed by atoms with Gasteiger partial charge in [-0.3, -0.25) is 9.59 Å². The number of ether oxygens (including phenoxy) is 6. The van der Waals surface area contributed by atoms with Crippen LogP contribution >= 0.6 is 0 Å². The number of esters is 2. The summed E-state index contributed by atoms with van der Waals surface area (Å²) in [7, 11) is 1.35. The van der Waals surface area contributed by atoms with Crippen molar-refractivity contribution in [3.05, 3.63) is 60.4 Å². The Bertz CT molecular complexity index is 1260. The molecule has 43 heavy (non-hydrogen) atoms. The van der Waals surface area contributed by atoms with Crippen molar-refractivity contribution in [1.82, 2.24) is 10.3 Å². The highest BCUT2D eigenvalue weighted by Gasteiger charge is 2.37. The number of amides is 1. The number of para-hydroxylation sites is 1. The van der Waals surface area contributed by atoms with Crippen molar-refractivity contribution in [2.45, 2.75) is 63.6 Å². The first kappa shape index (κ1) is 33.2. The van der Waals surface area contributed by atoms with Crippen LogP contribution in [-0.2, 0) is 23.8 Å². The van der Waals surface area contributed by atoms with Crippen LogP contribution in [0.15, 0.2) is 54.7 Å². The minimum atomic E-state index is -4.51. The molecule has 1 saturated heterocycles. The molecule has 14 heteroatoms. The third kappa shape index (κ3) is 10.5. The van der Waals surface area contributed by atoms with E-state index < -0.39 is 61.8 Å². The molecule has 1 amide bonds. The predicted octanol–water partition coefficient (Wildman–Crippen LogP) is 4.15. The summed E-state index contributed by atoms with van der Waals surface area (Å²) in [5.41, 5.74) is -0.227. The van der Waals surface area contributed by atoms with E-state index in [1.54, 1.807) is 30.3 Å². The summed E-state index contributed by atoms with van der Waals surface area (Å²) in [6.45, 7) is 1.80. The molecule has 1 N–H and O–H groups in total. The molecule has 1 aliphatic heterocycles. The summed E-state index contributed by atoms with van der Waals surface area (Å²) in [6.07, 6.45) is -4.09. The van der Waals surface area contributed by atoms with Crippen LogP contribution in [0.3, 0.4) is 0 Å². The zero-order chi connectivity index (χ0) is 31.4. The zero-order valence-electron chi connectivity index (χ0n) is 23.8. The minimum Gasteiger partial charge on any atom is -0.493 e. The van der Waals surface area contributed by atoms with Crippen molar-refractivity contribution in [2.75, 3.05) is 20.5 Å². The van der Waals surface area contributed by atoms with E-state index in [1.165, 1.54) is 33.2 Å². The molecule has 0 saturated carbocycles. The highest BCUT2D eigenvalue weighted by atomic mass is 19.4. The normalized spacial score (nSPS) is 21.1. The molecule has 0 radical (unpaired) electrons. The summed E-state index contributed by atoms with van der Waals surface area (Å²) in [5, 5.41) is 2.60. The molecule has 0 aliphatic carbocycles. The molecule has 1 aromatic heterocycles. The van der Waals surface area contributed by atoms with Crippen molar-refractivity contribution in [1.29, 1.82) is 0 Å². The highest BCUT2D eigenvalue weighted by Crippen LogP contribution is 2.30. The summed E-state index contributed by atoms with van der Waals surface area (Å²) in [6, 6.07) is 9.08. The Morgan fingerprint density at radius 1 is 1.16 bits per heavy atom. The largest absolute Gasteiger partial charge is 0.493 e. The van der Waals surface area contributed by atoms with Crippen LogP contribution in [0, 0.1) is 0 Å². The lowest BCUT2D eigenvalue weighted by molar-refractivity contribution is -0.162.